The quantitative estimate of drug-likeness (QED) is 0.863. The van der Waals surface area contributed by atoms with E-state index in [4.69, 9.17) is 9.31 Å². The first-order valence-corrected chi connectivity index (χ1v) is 7.18. The van der Waals surface area contributed by atoms with Gasteiger partial charge in [0, 0.05) is 0 Å². The third-order valence-corrected chi connectivity index (χ3v) is 4.26. The normalized spacial score (nSPS) is 20.6. The lowest BCUT2D eigenvalue weighted by Crippen LogP contribution is -2.41. The van der Waals surface area contributed by atoms with Crippen LogP contribution in [-0.2, 0) is 9.31 Å². The Bertz CT molecular complexity index is 528. The lowest BCUT2D eigenvalue weighted by molar-refractivity contribution is 0.00578. The molecule has 1 aromatic carbocycles. The summed E-state index contributed by atoms with van der Waals surface area (Å²) in [4.78, 5) is 0. The van der Waals surface area contributed by atoms with Gasteiger partial charge < -0.3 is 14.4 Å². The molecule has 1 N–H and O–H groups in total. The van der Waals surface area contributed by atoms with Crippen molar-refractivity contribution in [2.24, 2.45) is 0 Å². The Labute approximate surface area is 127 Å². The Morgan fingerprint density at radius 3 is 2.00 bits per heavy atom. The third-order valence-electron chi connectivity index (χ3n) is 4.26. The molecule has 1 aromatic rings. The number of hydrogen-bond acceptors (Lipinski definition) is 3. The monoisotopic (exact) mass is 286 g/mol. The van der Waals surface area contributed by atoms with Crippen LogP contribution in [0.3, 0.4) is 0 Å². The van der Waals surface area contributed by atoms with E-state index in [1.807, 2.05) is 58.0 Å². The van der Waals surface area contributed by atoms with E-state index >= 15 is 0 Å². The topological polar surface area (TPSA) is 38.7 Å². The van der Waals surface area contributed by atoms with E-state index in [-0.39, 0.29) is 6.61 Å². The number of aliphatic hydroxyl groups excluding tert-OH is 1. The molecule has 0 bridgehead atoms. The van der Waals surface area contributed by atoms with E-state index in [9.17, 15) is 5.11 Å². The average Bonchev–Trinajstić information content (AvgIpc) is 2.65. The van der Waals surface area contributed by atoms with Crippen molar-refractivity contribution in [1.29, 1.82) is 0 Å². The highest BCUT2D eigenvalue weighted by Gasteiger charge is 2.52. The molecule has 3 nitrogen and oxygen atoms in total. The first-order chi connectivity index (χ1) is 9.79. The van der Waals surface area contributed by atoms with Crippen molar-refractivity contribution in [2.45, 2.75) is 38.9 Å². The third kappa shape index (κ3) is 3.29. The van der Waals surface area contributed by atoms with Gasteiger partial charge in [-0.1, -0.05) is 43.0 Å². The van der Waals surface area contributed by atoms with Gasteiger partial charge in [-0.05, 0) is 44.3 Å². The van der Waals surface area contributed by atoms with Crippen LogP contribution in [0.2, 0.25) is 0 Å². The second-order valence-electron chi connectivity index (χ2n) is 6.34. The molecule has 0 unspecified atom stereocenters. The van der Waals surface area contributed by atoms with Gasteiger partial charge in [0.1, 0.15) is 0 Å². The summed E-state index contributed by atoms with van der Waals surface area (Å²) in [7, 11) is -0.515. The van der Waals surface area contributed by atoms with Crippen molar-refractivity contribution in [3.8, 4) is 0 Å². The number of benzene rings is 1. The highest BCUT2D eigenvalue weighted by atomic mass is 16.7. The largest absolute Gasteiger partial charge is 0.492 e. The molecule has 0 amide bonds. The molecule has 0 aromatic heterocycles. The predicted molar refractivity (Wildman–Crippen MR) is 87.7 cm³/mol. The summed E-state index contributed by atoms with van der Waals surface area (Å²) in [6.45, 7) is 11.6. The zero-order valence-electron chi connectivity index (χ0n) is 13.2. The first kappa shape index (κ1) is 16.0. The first-order valence-electron chi connectivity index (χ1n) is 7.18. The van der Waals surface area contributed by atoms with Crippen molar-refractivity contribution in [3.05, 3.63) is 47.4 Å². The zero-order valence-corrected chi connectivity index (χ0v) is 13.2. The maximum Gasteiger partial charge on any atom is 0.492 e. The summed E-state index contributed by atoms with van der Waals surface area (Å²) in [5.74, 6) is 0. The van der Waals surface area contributed by atoms with Gasteiger partial charge in [-0.25, -0.2) is 0 Å². The maximum absolute atomic E-state index is 9.64. The fourth-order valence-corrected chi connectivity index (χ4v) is 2.13. The van der Waals surface area contributed by atoms with Crippen molar-refractivity contribution in [3.63, 3.8) is 0 Å². The summed E-state index contributed by atoms with van der Waals surface area (Å²) < 4.78 is 11.9. The zero-order chi connectivity index (χ0) is 15.7. The molecule has 1 aliphatic heterocycles. The Morgan fingerprint density at radius 1 is 1.10 bits per heavy atom. The van der Waals surface area contributed by atoms with Crippen LogP contribution in [-0.4, -0.2) is 30.0 Å². The molecule has 1 heterocycles. The van der Waals surface area contributed by atoms with Crippen molar-refractivity contribution < 1.29 is 14.4 Å². The van der Waals surface area contributed by atoms with Gasteiger partial charge in [0.15, 0.2) is 0 Å². The van der Waals surface area contributed by atoms with Crippen LogP contribution in [0.15, 0.2) is 36.3 Å². The van der Waals surface area contributed by atoms with Crippen molar-refractivity contribution in [1.82, 2.24) is 0 Å². The van der Waals surface area contributed by atoms with Crippen LogP contribution in [0, 0.1) is 0 Å². The second-order valence-corrected chi connectivity index (χ2v) is 6.34. The van der Waals surface area contributed by atoms with Crippen LogP contribution in [0.4, 0.5) is 0 Å². The summed E-state index contributed by atoms with van der Waals surface area (Å²) in [5.41, 5.74) is 1.98. The van der Waals surface area contributed by atoms with Gasteiger partial charge in [-0.15, -0.1) is 0 Å². The molecule has 2 rings (SSSR count). The molecule has 0 aliphatic carbocycles. The summed E-state index contributed by atoms with van der Waals surface area (Å²) in [6.07, 6.45) is 3.71. The number of rotatable bonds is 4. The Balaban J connectivity index is 2.23. The maximum atomic E-state index is 9.64. The molecule has 4 heteroatoms. The van der Waals surface area contributed by atoms with E-state index < -0.39 is 18.3 Å². The van der Waals surface area contributed by atoms with E-state index in [2.05, 4.69) is 6.58 Å². The lowest BCUT2D eigenvalue weighted by atomic mass is 9.77. The van der Waals surface area contributed by atoms with E-state index in [1.54, 1.807) is 6.08 Å². The number of aliphatic hydroxyl groups is 1. The van der Waals surface area contributed by atoms with Gasteiger partial charge in [0.05, 0.1) is 17.8 Å². The molecule has 0 spiro atoms. The SMILES string of the molecule is C=Cc1ccc(C=C(CO)B2OC(C)(C)C(C)(C)O2)cc1. The Morgan fingerprint density at radius 2 is 1.57 bits per heavy atom. The minimum atomic E-state index is -0.515. The van der Waals surface area contributed by atoms with Crippen LogP contribution in [0.25, 0.3) is 12.2 Å². The minimum Gasteiger partial charge on any atom is -0.400 e. The lowest BCUT2D eigenvalue weighted by Gasteiger charge is -2.32. The van der Waals surface area contributed by atoms with Gasteiger partial charge in [-0.2, -0.15) is 0 Å². The second kappa shape index (κ2) is 5.80. The van der Waals surface area contributed by atoms with E-state index in [0.717, 1.165) is 16.6 Å². The summed E-state index contributed by atoms with van der Waals surface area (Å²) in [6, 6.07) is 7.94. The summed E-state index contributed by atoms with van der Waals surface area (Å²) in [5, 5.41) is 9.64. The summed E-state index contributed by atoms with van der Waals surface area (Å²) >= 11 is 0. The van der Waals surface area contributed by atoms with Gasteiger partial charge in [0.2, 0.25) is 0 Å². The Hall–Kier alpha value is -1.36. The predicted octanol–water partition coefficient (Wildman–Crippen LogP) is 3.34. The highest BCUT2D eigenvalue weighted by molar-refractivity contribution is 6.55. The van der Waals surface area contributed by atoms with Gasteiger partial charge in [0.25, 0.3) is 0 Å². The molecule has 1 aliphatic rings. The van der Waals surface area contributed by atoms with Gasteiger partial charge in [-0.3, -0.25) is 0 Å². The van der Waals surface area contributed by atoms with Crippen LogP contribution in [0.5, 0.6) is 0 Å². The Kier molecular flexibility index (Phi) is 4.42. The fourth-order valence-electron chi connectivity index (χ4n) is 2.13. The highest BCUT2D eigenvalue weighted by Crippen LogP contribution is 2.38. The molecule has 0 atom stereocenters. The molecular weight excluding hydrogens is 263 g/mol. The number of hydrogen-bond donors (Lipinski definition) is 1. The fraction of sp³-hybridized carbons (Fsp3) is 0.412. The minimum absolute atomic E-state index is 0.0972. The standard InChI is InChI=1S/C17H23BO3/c1-6-13-7-9-14(10-8-13)11-15(12-19)18-20-16(2,3)17(4,5)21-18/h6-11,19H,1,12H2,2-5H3. The molecule has 21 heavy (non-hydrogen) atoms. The molecule has 1 saturated heterocycles. The molecule has 1 fully saturated rings. The van der Waals surface area contributed by atoms with Crippen molar-refractivity contribution in [2.75, 3.05) is 6.61 Å². The molecular formula is C17H23BO3. The van der Waals surface area contributed by atoms with E-state index in [1.165, 1.54) is 0 Å². The van der Waals surface area contributed by atoms with Gasteiger partial charge >= 0.3 is 7.12 Å². The van der Waals surface area contributed by atoms with Crippen LogP contribution in [0.1, 0.15) is 38.8 Å². The molecule has 0 radical (unpaired) electrons. The average molecular weight is 286 g/mol. The smallest absolute Gasteiger partial charge is 0.400 e. The molecule has 112 valence electrons. The van der Waals surface area contributed by atoms with Crippen molar-refractivity contribution >= 4 is 19.3 Å². The molecule has 0 saturated carbocycles. The van der Waals surface area contributed by atoms with Crippen LogP contribution >= 0.6 is 0 Å². The van der Waals surface area contributed by atoms with E-state index in [0.29, 0.717) is 0 Å². The van der Waals surface area contributed by atoms with Crippen LogP contribution < -0.4 is 0 Å².